The largest absolute Gasteiger partial charge is 0.492 e. The van der Waals surface area contributed by atoms with Gasteiger partial charge in [-0.25, -0.2) is 4.79 Å². The number of anilines is 3. The third kappa shape index (κ3) is 4.19. The van der Waals surface area contributed by atoms with Crippen LogP contribution in [0.3, 0.4) is 0 Å². The molecule has 0 saturated carbocycles. The molecule has 2 aliphatic heterocycles. The number of carbonyl (C=O) groups is 3. The first-order valence-electron chi connectivity index (χ1n) is 10.4. The maximum absolute atomic E-state index is 12.6. The van der Waals surface area contributed by atoms with Crippen LogP contribution < -0.4 is 20.3 Å². The van der Waals surface area contributed by atoms with Gasteiger partial charge in [-0.05, 0) is 57.0 Å². The summed E-state index contributed by atoms with van der Waals surface area (Å²) in [5.74, 6) is -0.619. The molecular weight excluding hydrogens is 398 g/mol. The summed E-state index contributed by atoms with van der Waals surface area (Å²) < 4.78 is 10.9. The molecule has 0 aliphatic carbocycles. The van der Waals surface area contributed by atoms with Gasteiger partial charge in [0.2, 0.25) is 5.91 Å². The molecule has 2 atom stereocenters. The van der Waals surface area contributed by atoms with Crippen LogP contribution in [0, 0.1) is 0 Å². The third-order valence-electron chi connectivity index (χ3n) is 5.45. The number of rotatable bonds is 6. The molecule has 1 fully saturated rings. The van der Waals surface area contributed by atoms with Gasteiger partial charge in [-0.3, -0.25) is 9.59 Å². The molecule has 0 radical (unpaired) electrons. The van der Waals surface area contributed by atoms with Crippen LogP contribution in [0.5, 0.6) is 5.75 Å². The van der Waals surface area contributed by atoms with Gasteiger partial charge in [0, 0.05) is 6.54 Å². The predicted molar refractivity (Wildman–Crippen MR) is 117 cm³/mol. The van der Waals surface area contributed by atoms with Crippen molar-refractivity contribution in [1.29, 1.82) is 0 Å². The highest BCUT2D eigenvalue weighted by Crippen LogP contribution is 2.37. The molecule has 2 aromatic rings. The first-order chi connectivity index (χ1) is 15.0. The van der Waals surface area contributed by atoms with Gasteiger partial charge in [0.05, 0.1) is 29.2 Å². The topological polar surface area (TPSA) is 97.0 Å². The second kappa shape index (κ2) is 8.67. The van der Waals surface area contributed by atoms with Crippen molar-refractivity contribution in [2.45, 2.75) is 38.8 Å². The third-order valence-corrected chi connectivity index (χ3v) is 5.45. The fourth-order valence-corrected chi connectivity index (χ4v) is 3.93. The minimum absolute atomic E-state index is 0.0590. The molecule has 4 rings (SSSR count). The van der Waals surface area contributed by atoms with Crippen molar-refractivity contribution in [3.8, 4) is 5.75 Å². The van der Waals surface area contributed by atoms with Crippen molar-refractivity contribution in [2.24, 2.45) is 0 Å². The highest BCUT2D eigenvalue weighted by molar-refractivity contribution is 6.06. The van der Waals surface area contributed by atoms with Gasteiger partial charge >= 0.3 is 5.97 Å². The summed E-state index contributed by atoms with van der Waals surface area (Å²) in [4.78, 5) is 39.5. The monoisotopic (exact) mass is 423 g/mol. The summed E-state index contributed by atoms with van der Waals surface area (Å²) in [6.45, 7) is 4.64. The van der Waals surface area contributed by atoms with Crippen molar-refractivity contribution < 1.29 is 23.9 Å². The van der Waals surface area contributed by atoms with E-state index in [4.69, 9.17) is 9.47 Å². The average molecular weight is 423 g/mol. The van der Waals surface area contributed by atoms with E-state index >= 15 is 0 Å². The first kappa shape index (κ1) is 20.7. The molecule has 0 spiro atoms. The van der Waals surface area contributed by atoms with E-state index in [1.54, 1.807) is 30.3 Å². The molecule has 8 heteroatoms. The Morgan fingerprint density at radius 3 is 2.87 bits per heavy atom. The lowest BCUT2D eigenvalue weighted by molar-refractivity contribution is -0.123. The summed E-state index contributed by atoms with van der Waals surface area (Å²) in [7, 11) is 0. The van der Waals surface area contributed by atoms with Gasteiger partial charge in [0.15, 0.2) is 6.10 Å². The van der Waals surface area contributed by atoms with Gasteiger partial charge in [-0.2, -0.15) is 0 Å². The van der Waals surface area contributed by atoms with E-state index in [0.717, 1.165) is 25.1 Å². The summed E-state index contributed by atoms with van der Waals surface area (Å²) in [5, 5.41) is 5.60. The predicted octanol–water partition coefficient (Wildman–Crippen LogP) is 3.19. The normalized spacial score (nSPS) is 17.8. The molecule has 1 saturated heterocycles. The average Bonchev–Trinajstić information content (AvgIpc) is 3.26. The second-order valence-corrected chi connectivity index (χ2v) is 7.54. The van der Waals surface area contributed by atoms with E-state index in [0.29, 0.717) is 23.7 Å². The zero-order valence-corrected chi connectivity index (χ0v) is 17.5. The maximum Gasteiger partial charge on any atom is 0.338 e. The minimum atomic E-state index is -1.02. The van der Waals surface area contributed by atoms with Gasteiger partial charge in [-0.1, -0.05) is 12.1 Å². The summed E-state index contributed by atoms with van der Waals surface area (Å²) in [6, 6.07) is 12.0. The van der Waals surface area contributed by atoms with Gasteiger partial charge in [-0.15, -0.1) is 0 Å². The lowest BCUT2D eigenvalue weighted by atomic mass is 10.1. The number of amides is 2. The van der Waals surface area contributed by atoms with Crippen molar-refractivity contribution in [3.05, 3.63) is 48.0 Å². The fraction of sp³-hybridized carbons (Fsp3) is 0.348. The minimum Gasteiger partial charge on any atom is -0.492 e. The standard InChI is InChI=1S/C23H25N3O5/c1-3-30-20-9-5-4-7-16(20)24-21(27)14(2)31-23(29)15-10-11-18-17(13-15)25-22(28)19-8-6-12-26(18)19/h4-5,7,9-11,13-14,19H,3,6,8,12H2,1-2H3,(H,24,27)(H,25,28)/t14-,19+/m0/s1. The van der Waals surface area contributed by atoms with Crippen LogP contribution in [0.15, 0.2) is 42.5 Å². The van der Waals surface area contributed by atoms with Crippen molar-refractivity contribution in [1.82, 2.24) is 0 Å². The first-order valence-corrected chi connectivity index (χ1v) is 10.4. The van der Waals surface area contributed by atoms with Crippen LogP contribution in [0.1, 0.15) is 37.0 Å². The highest BCUT2D eigenvalue weighted by Gasteiger charge is 2.36. The SMILES string of the molecule is CCOc1ccccc1NC(=O)[C@H](C)OC(=O)c1ccc2c(c1)NC(=O)[C@H]1CCCN21. The lowest BCUT2D eigenvalue weighted by Crippen LogP contribution is -2.43. The van der Waals surface area contributed by atoms with Crippen LogP contribution in [0.25, 0.3) is 0 Å². The Morgan fingerprint density at radius 1 is 1.26 bits per heavy atom. The Balaban J connectivity index is 1.43. The highest BCUT2D eigenvalue weighted by atomic mass is 16.5. The van der Waals surface area contributed by atoms with E-state index in [-0.39, 0.29) is 17.5 Å². The number of hydrogen-bond acceptors (Lipinski definition) is 6. The van der Waals surface area contributed by atoms with E-state index in [1.807, 2.05) is 19.1 Å². The van der Waals surface area contributed by atoms with E-state index < -0.39 is 18.0 Å². The number of nitrogens with zero attached hydrogens (tertiary/aromatic N) is 1. The molecule has 8 nitrogen and oxygen atoms in total. The Kier molecular flexibility index (Phi) is 5.79. The zero-order chi connectivity index (χ0) is 22.0. The zero-order valence-electron chi connectivity index (χ0n) is 17.5. The quantitative estimate of drug-likeness (QED) is 0.693. The lowest BCUT2D eigenvalue weighted by Gasteiger charge is -2.33. The molecule has 31 heavy (non-hydrogen) atoms. The van der Waals surface area contributed by atoms with E-state index in [9.17, 15) is 14.4 Å². The van der Waals surface area contributed by atoms with E-state index in [2.05, 4.69) is 15.5 Å². The number of ether oxygens (including phenoxy) is 2. The van der Waals surface area contributed by atoms with Crippen LogP contribution in [0.4, 0.5) is 17.1 Å². The smallest absolute Gasteiger partial charge is 0.338 e. The van der Waals surface area contributed by atoms with E-state index in [1.165, 1.54) is 6.92 Å². The number of benzene rings is 2. The van der Waals surface area contributed by atoms with Crippen LogP contribution >= 0.6 is 0 Å². The number of carbonyl (C=O) groups excluding carboxylic acids is 3. The summed E-state index contributed by atoms with van der Waals surface area (Å²) in [6.07, 6.45) is 0.768. The Labute approximate surface area is 180 Å². The molecule has 2 heterocycles. The van der Waals surface area contributed by atoms with Gasteiger partial charge in [0.1, 0.15) is 11.8 Å². The molecule has 162 valence electrons. The Hall–Kier alpha value is -3.55. The Bertz CT molecular complexity index is 1020. The van der Waals surface area contributed by atoms with Crippen LogP contribution in [-0.4, -0.2) is 43.1 Å². The van der Waals surface area contributed by atoms with Crippen LogP contribution in [-0.2, 0) is 14.3 Å². The van der Waals surface area contributed by atoms with Crippen molar-refractivity contribution >= 4 is 34.8 Å². The van der Waals surface area contributed by atoms with Crippen molar-refractivity contribution in [3.63, 3.8) is 0 Å². The molecule has 0 bridgehead atoms. The molecular formula is C23H25N3O5. The number of para-hydroxylation sites is 2. The van der Waals surface area contributed by atoms with Gasteiger partial charge in [0.25, 0.3) is 5.91 Å². The number of esters is 1. The van der Waals surface area contributed by atoms with Gasteiger partial charge < -0.3 is 25.0 Å². The molecule has 0 unspecified atom stereocenters. The number of fused-ring (bicyclic) bond motifs is 3. The van der Waals surface area contributed by atoms with Crippen molar-refractivity contribution in [2.75, 3.05) is 28.7 Å². The molecule has 0 aromatic heterocycles. The number of hydrogen-bond donors (Lipinski definition) is 2. The molecule has 2 aliphatic rings. The Morgan fingerprint density at radius 2 is 2.06 bits per heavy atom. The summed E-state index contributed by atoms with van der Waals surface area (Å²) in [5.41, 5.74) is 2.26. The summed E-state index contributed by atoms with van der Waals surface area (Å²) >= 11 is 0. The second-order valence-electron chi connectivity index (χ2n) is 7.54. The number of nitrogens with one attached hydrogen (secondary N) is 2. The van der Waals surface area contributed by atoms with Crippen LogP contribution in [0.2, 0.25) is 0 Å². The maximum atomic E-state index is 12.6. The molecule has 2 N–H and O–H groups in total. The molecule has 2 aromatic carbocycles. The molecule has 2 amide bonds. The fourth-order valence-electron chi connectivity index (χ4n) is 3.93.